The third kappa shape index (κ3) is 7.20. The second-order valence-electron chi connectivity index (χ2n) is 6.21. The van der Waals surface area contributed by atoms with Crippen molar-refractivity contribution in [3.05, 3.63) is 60.2 Å². The van der Waals surface area contributed by atoms with E-state index in [-0.39, 0.29) is 12.5 Å². The molecule has 0 heterocycles. The van der Waals surface area contributed by atoms with Crippen molar-refractivity contribution in [3.8, 4) is 5.75 Å². The van der Waals surface area contributed by atoms with Crippen molar-refractivity contribution in [1.29, 1.82) is 0 Å². The number of ether oxygens (including phenoxy) is 1. The normalized spacial score (nSPS) is 13.1. The molecule has 1 amide bonds. The number of carbonyl (C=O) groups excluding carboxylic acids is 1. The van der Waals surface area contributed by atoms with Gasteiger partial charge in [-0.15, -0.1) is 11.8 Å². The maximum absolute atomic E-state index is 12.0. The zero-order valence-electron chi connectivity index (χ0n) is 14.7. The van der Waals surface area contributed by atoms with Gasteiger partial charge in [-0.2, -0.15) is 0 Å². The first kappa shape index (κ1) is 19.3. The number of aliphatic hydroxyl groups is 1. The van der Waals surface area contributed by atoms with Crippen LogP contribution in [0.3, 0.4) is 0 Å². The lowest BCUT2D eigenvalue weighted by molar-refractivity contribution is -0.121. The lowest BCUT2D eigenvalue weighted by Crippen LogP contribution is -2.42. The van der Waals surface area contributed by atoms with Crippen LogP contribution in [0.25, 0.3) is 0 Å². The molecule has 0 spiro atoms. The smallest absolute Gasteiger partial charge is 0.220 e. The third-order valence-corrected chi connectivity index (χ3v) is 4.77. The van der Waals surface area contributed by atoms with Crippen LogP contribution in [-0.4, -0.2) is 36.0 Å². The van der Waals surface area contributed by atoms with E-state index in [0.29, 0.717) is 12.8 Å². The molecule has 0 radical (unpaired) electrons. The van der Waals surface area contributed by atoms with Crippen LogP contribution >= 0.6 is 11.8 Å². The lowest BCUT2D eigenvalue weighted by atomic mass is 9.96. The van der Waals surface area contributed by atoms with Gasteiger partial charge in [-0.3, -0.25) is 4.79 Å². The molecule has 0 aliphatic rings. The Morgan fingerprint density at radius 3 is 2.48 bits per heavy atom. The number of rotatable bonds is 9. The van der Waals surface area contributed by atoms with Crippen LogP contribution in [0, 0.1) is 0 Å². The molecular formula is C20H25NO3S. The summed E-state index contributed by atoms with van der Waals surface area (Å²) in [6, 6.07) is 17.6. The number of carbonyl (C=O) groups is 1. The zero-order chi connectivity index (χ0) is 18.1. The molecule has 4 nitrogen and oxygen atoms in total. The summed E-state index contributed by atoms with van der Waals surface area (Å²) in [7, 11) is 1.62. The molecule has 0 aliphatic heterocycles. The van der Waals surface area contributed by atoms with Gasteiger partial charge in [-0.05, 0) is 36.8 Å². The number of thioether (sulfide) groups is 1. The number of nitrogens with one attached hydrogen (secondary N) is 1. The van der Waals surface area contributed by atoms with E-state index in [0.717, 1.165) is 22.0 Å². The van der Waals surface area contributed by atoms with Crippen molar-refractivity contribution in [3.63, 3.8) is 0 Å². The second kappa shape index (κ2) is 9.49. The molecule has 2 aromatic carbocycles. The second-order valence-corrected chi connectivity index (χ2v) is 7.38. The quantitative estimate of drug-likeness (QED) is 0.675. The molecule has 0 fully saturated rings. The van der Waals surface area contributed by atoms with E-state index in [1.165, 1.54) is 0 Å². The molecule has 134 valence electrons. The van der Waals surface area contributed by atoms with Crippen molar-refractivity contribution >= 4 is 17.7 Å². The van der Waals surface area contributed by atoms with Gasteiger partial charge in [-0.1, -0.05) is 30.3 Å². The highest BCUT2D eigenvalue weighted by Gasteiger charge is 2.21. The molecule has 25 heavy (non-hydrogen) atoms. The number of methoxy groups -OCH3 is 1. The molecule has 1 atom stereocenters. The van der Waals surface area contributed by atoms with E-state index in [1.807, 2.05) is 54.6 Å². The molecule has 0 unspecified atom stereocenters. The van der Waals surface area contributed by atoms with E-state index < -0.39 is 5.60 Å². The topological polar surface area (TPSA) is 58.6 Å². The Labute approximate surface area is 153 Å². The van der Waals surface area contributed by atoms with E-state index >= 15 is 0 Å². The summed E-state index contributed by atoms with van der Waals surface area (Å²) in [5, 5.41) is 13.3. The molecular weight excluding hydrogens is 334 g/mol. The maximum atomic E-state index is 12.0. The van der Waals surface area contributed by atoms with Gasteiger partial charge in [-0.25, -0.2) is 0 Å². The van der Waals surface area contributed by atoms with E-state index in [4.69, 9.17) is 4.74 Å². The Hall–Kier alpha value is -1.98. The Bertz CT molecular complexity index is 656. The Morgan fingerprint density at radius 1 is 1.16 bits per heavy atom. The number of hydrogen-bond donors (Lipinski definition) is 2. The molecule has 2 N–H and O–H groups in total. The average Bonchev–Trinajstić information content (AvgIpc) is 2.61. The van der Waals surface area contributed by atoms with Crippen LogP contribution in [0.2, 0.25) is 0 Å². The summed E-state index contributed by atoms with van der Waals surface area (Å²) >= 11 is 1.65. The zero-order valence-corrected chi connectivity index (χ0v) is 15.5. The van der Waals surface area contributed by atoms with Gasteiger partial charge in [0.25, 0.3) is 0 Å². The van der Waals surface area contributed by atoms with E-state index in [9.17, 15) is 9.90 Å². The van der Waals surface area contributed by atoms with Crippen LogP contribution in [0.5, 0.6) is 5.75 Å². The maximum Gasteiger partial charge on any atom is 0.220 e. The molecule has 0 aromatic heterocycles. The predicted octanol–water partition coefficient (Wildman–Crippen LogP) is 3.29. The standard InChI is InChI=1S/C20H25NO3S/c1-20(23,14-16-8-10-17(24-2)11-9-16)15-21-19(22)12-13-25-18-6-4-3-5-7-18/h3-11,23H,12-15H2,1-2H3,(H,21,22)/t20-/m0/s1. The summed E-state index contributed by atoms with van der Waals surface area (Å²) in [4.78, 5) is 13.1. The van der Waals surface area contributed by atoms with Gasteiger partial charge in [0.2, 0.25) is 5.91 Å². The van der Waals surface area contributed by atoms with Crippen molar-refractivity contribution in [2.75, 3.05) is 19.4 Å². The SMILES string of the molecule is COc1ccc(C[C@](C)(O)CNC(=O)CCSc2ccccc2)cc1. The van der Waals surface area contributed by atoms with Crippen molar-refractivity contribution in [2.45, 2.75) is 30.3 Å². The Morgan fingerprint density at radius 2 is 1.84 bits per heavy atom. The van der Waals surface area contributed by atoms with Crippen LogP contribution in [-0.2, 0) is 11.2 Å². The summed E-state index contributed by atoms with van der Waals surface area (Å²) < 4.78 is 5.13. The number of amides is 1. The fourth-order valence-corrected chi connectivity index (χ4v) is 3.27. The first-order valence-corrected chi connectivity index (χ1v) is 9.27. The van der Waals surface area contributed by atoms with Crippen molar-refractivity contribution < 1.29 is 14.6 Å². The predicted molar refractivity (Wildman–Crippen MR) is 102 cm³/mol. The van der Waals surface area contributed by atoms with Gasteiger partial charge < -0.3 is 15.2 Å². The summed E-state index contributed by atoms with van der Waals surface area (Å²) in [5.74, 6) is 1.46. The first-order chi connectivity index (χ1) is 12.0. The van der Waals surface area contributed by atoms with E-state index in [2.05, 4.69) is 5.32 Å². The molecule has 0 saturated heterocycles. The largest absolute Gasteiger partial charge is 0.497 e. The lowest BCUT2D eigenvalue weighted by Gasteiger charge is -2.24. The third-order valence-electron chi connectivity index (χ3n) is 3.75. The monoisotopic (exact) mass is 359 g/mol. The van der Waals surface area contributed by atoms with Crippen LogP contribution in [0.4, 0.5) is 0 Å². The molecule has 0 bridgehead atoms. The van der Waals surface area contributed by atoms with Gasteiger partial charge in [0, 0.05) is 30.0 Å². The minimum Gasteiger partial charge on any atom is -0.497 e. The van der Waals surface area contributed by atoms with Crippen LogP contribution < -0.4 is 10.1 Å². The highest BCUT2D eigenvalue weighted by molar-refractivity contribution is 7.99. The summed E-state index contributed by atoms with van der Waals surface area (Å²) in [5.41, 5.74) is 0.0104. The Kier molecular flexibility index (Phi) is 7.34. The average molecular weight is 359 g/mol. The minimum atomic E-state index is -0.989. The first-order valence-electron chi connectivity index (χ1n) is 8.28. The van der Waals surface area contributed by atoms with Crippen LogP contribution in [0.15, 0.2) is 59.5 Å². The molecule has 2 rings (SSSR count). The fourth-order valence-electron chi connectivity index (χ4n) is 2.40. The summed E-state index contributed by atoms with van der Waals surface area (Å²) in [6.45, 7) is 1.96. The summed E-state index contributed by atoms with van der Waals surface area (Å²) in [6.07, 6.45) is 0.897. The highest BCUT2D eigenvalue weighted by atomic mass is 32.2. The van der Waals surface area contributed by atoms with Crippen molar-refractivity contribution in [2.24, 2.45) is 0 Å². The molecule has 5 heteroatoms. The molecule has 0 saturated carbocycles. The van der Waals surface area contributed by atoms with Crippen LogP contribution in [0.1, 0.15) is 18.9 Å². The Balaban J connectivity index is 1.71. The fraction of sp³-hybridized carbons (Fsp3) is 0.350. The minimum absolute atomic E-state index is 0.0431. The van der Waals surface area contributed by atoms with E-state index in [1.54, 1.807) is 25.8 Å². The number of benzene rings is 2. The van der Waals surface area contributed by atoms with Gasteiger partial charge in [0.15, 0.2) is 0 Å². The van der Waals surface area contributed by atoms with Gasteiger partial charge in [0.05, 0.1) is 12.7 Å². The highest BCUT2D eigenvalue weighted by Crippen LogP contribution is 2.18. The molecule has 2 aromatic rings. The van der Waals surface area contributed by atoms with Crippen molar-refractivity contribution in [1.82, 2.24) is 5.32 Å². The van der Waals surface area contributed by atoms with Gasteiger partial charge in [0.1, 0.15) is 5.75 Å². The number of hydrogen-bond acceptors (Lipinski definition) is 4. The molecule has 0 aliphatic carbocycles. The van der Waals surface area contributed by atoms with Gasteiger partial charge >= 0.3 is 0 Å².